The van der Waals surface area contributed by atoms with Crippen LogP contribution >= 0.6 is 0 Å². The molecule has 0 heterocycles. The maximum absolute atomic E-state index is 13.2. The number of nitrogens with two attached hydrogens (primary N) is 1. The zero-order valence-electron chi connectivity index (χ0n) is 15.1. The first-order valence-corrected chi connectivity index (χ1v) is 8.43. The van der Waals surface area contributed by atoms with Crippen molar-refractivity contribution < 1.29 is 14.0 Å². The Morgan fingerprint density at radius 1 is 1.04 bits per heavy atom. The SMILES string of the molecule is Cc1ccc(CN(C)CC(=O)N(CCC(N)=O)c2ccc(F)cc2)cc1. The molecule has 0 radical (unpaired) electrons. The van der Waals surface area contributed by atoms with E-state index in [0.29, 0.717) is 12.2 Å². The summed E-state index contributed by atoms with van der Waals surface area (Å²) >= 11 is 0. The van der Waals surface area contributed by atoms with Crippen molar-refractivity contribution in [3.8, 4) is 0 Å². The number of benzene rings is 2. The molecule has 138 valence electrons. The monoisotopic (exact) mass is 357 g/mol. The number of likely N-dealkylation sites (N-methyl/N-ethyl adjacent to an activating group) is 1. The molecular weight excluding hydrogens is 333 g/mol. The van der Waals surface area contributed by atoms with E-state index in [1.54, 1.807) is 0 Å². The molecule has 2 aromatic carbocycles. The summed E-state index contributed by atoms with van der Waals surface area (Å²) in [7, 11) is 1.86. The molecular formula is C20H24FN3O2. The Bertz CT molecular complexity index is 745. The Labute approximate surface area is 153 Å². The van der Waals surface area contributed by atoms with Crippen LogP contribution in [0, 0.1) is 12.7 Å². The van der Waals surface area contributed by atoms with Crippen LogP contribution in [0.5, 0.6) is 0 Å². The third kappa shape index (κ3) is 5.97. The number of aryl methyl sites for hydroxylation is 1. The zero-order valence-corrected chi connectivity index (χ0v) is 15.1. The number of carbonyl (C=O) groups excluding carboxylic acids is 2. The summed E-state index contributed by atoms with van der Waals surface area (Å²) < 4.78 is 13.2. The summed E-state index contributed by atoms with van der Waals surface area (Å²) in [5, 5.41) is 0. The topological polar surface area (TPSA) is 66.6 Å². The van der Waals surface area contributed by atoms with Crippen molar-refractivity contribution >= 4 is 17.5 Å². The van der Waals surface area contributed by atoms with E-state index < -0.39 is 5.91 Å². The van der Waals surface area contributed by atoms with Gasteiger partial charge in [-0.2, -0.15) is 0 Å². The van der Waals surface area contributed by atoms with Crippen molar-refractivity contribution in [3.05, 3.63) is 65.5 Å². The molecule has 0 saturated heterocycles. The molecule has 0 aliphatic rings. The second-order valence-electron chi connectivity index (χ2n) is 6.40. The molecule has 0 fully saturated rings. The molecule has 0 atom stereocenters. The van der Waals surface area contributed by atoms with Gasteiger partial charge >= 0.3 is 0 Å². The van der Waals surface area contributed by atoms with Crippen molar-refractivity contribution in [2.24, 2.45) is 5.73 Å². The Hall–Kier alpha value is -2.73. The predicted octanol–water partition coefficient (Wildman–Crippen LogP) is 2.47. The minimum absolute atomic E-state index is 0.0464. The summed E-state index contributed by atoms with van der Waals surface area (Å²) in [6, 6.07) is 13.7. The molecule has 0 saturated carbocycles. The molecule has 0 bridgehead atoms. The van der Waals surface area contributed by atoms with E-state index in [1.165, 1.54) is 34.7 Å². The van der Waals surface area contributed by atoms with E-state index in [2.05, 4.69) is 0 Å². The number of halogens is 1. The number of carbonyl (C=O) groups is 2. The lowest BCUT2D eigenvalue weighted by Crippen LogP contribution is -2.40. The van der Waals surface area contributed by atoms with Crippen LogP contribution in [0.3, 0.4) is 0 Å². The molecule has 0 unspecified atom stereocenters. The van der Waals surface area contributed by atoms with Gasteiger partial charge in [0.25, 0.3) is 0 Å². The van der Waals surface area contributed by atoms with E-state index in [1.807, 2.05) is 43.1 Å². The van der Waals surface area contributed by atoms with Gasteiger partial charge in [-0.05, 0) is 43.8 Å². The highest BCUT2D eigenvalue weighted by atomic mass is 19.1. The van der Waals surface area contributed by atoms with Gasteiger partial charge in [-0.3, -0.25) is 14.5 Å². The van der Waals surface area contributed by atoms with Gasteiger partial charge in [-0.15, -0.1) is 0 Å². The summed E-state index contributed by atoms with van der Waals surface area (Å²) in [4.78, 5) is 27.2. The summed E-state index contributed by atoms with van der Waals surface area (Å²) in [5.41, 5.74) is 8.04. The lowest BCUT2D eigenvalue weighted by molar-refractivity contribution is -0.120. The lowest BCUT2D eigenvalue weighted by atomic mass is 10.1. The van der Waals surface area contributed by atoms with Crippen LogP contribution in [-0.4, -0.2) is 36.9 Å². The Morgan fingerprint density at radius 3 is 2.23 bits per heavy atom. The molecule has 26 heavy (non-hydrogen) atoms. The third-order valence-corrected chi connectivity index (χ3v) is 4.00. The van der Waals surface area contributed by atoms with Gasteiger partial charge in [0.05, 0.1) is 6.54 Å². The number of nitrogens with zero attached hydrogens (tertiary/aromatic N) is 2. The highest BCUT2D eigenvalue weighted by Crippen LogP contribution is 2.16. The van der Waals surface area contributed by atoms with E-state index in [0.717, 1.165) is 5.56 Å². The minimum Gasteiger partial charge on any atom is -0.370 e. The van der Waals surface area contributed by atoms with Gasteiger partial charge in [0.15, 0.2) is 0 Å². The van der Waals surface area contributed by atoms with E-state index in [4.69, 9.17) is 5.73 Å². The molecule has 0 aliphatic carbocycles. The van der Waals surface area contributed by atoms with Gasteiger partial charge in [-0.1, -0.05) is 29.8 Å². The fraction of sp³-hybridized carbons (Fsp3) is 0.300. The van der Waals surface area contributed by atoms with Crippen LogP contribution in [0.4, 0.5) is 10.1 Å². The average molecular weight is 357 g/mol. The summed E-state index contributed by atoms with van der Waals surface area (Å²) in [5.74, 6) is -1.04. The number of rotatable bonds is 8. The first-order valence-electron chi connectivity index (χ1n) is 8.43. The van der Waals surface area contributed by atoms with Crippen LogP contribution < -0.4 is 10.6 Å². The first kappa shape index (κ1) is 19.6. The maximum Gasteiger partial charge on any atom is 0.241 e. The van der Waals surface area contributed by atoms with Crippen LogP contribution in [0.25, 0.3) is 0 Å². The van der Waals surface area contributed by atoms with Crippen LogP contribution in [0.2, 0.25) is 0 Å². The Balaban J connectivity index is 2.05. The zero-order chi connectivity index (χ0) is 19.1. The Kier molecular flexibility index (Phi) is 6.86. The standard InChI is InChI=1S/C20H24FN3O2/c1-15-3-5-16(6-4-15)13-23(2)14-20(26)24(12-11-19(22)25)18-9-7-17(21)8-10-18/h3-10H,11-14H2,1-2H3,(H2,22,25). The number of anilines is 1. The van der Waals surface area contributed by atoms with Crippen molar-refractivity contribution in [1.29, 1.82) is 0 Å². The summed E-state index contributed by atoms with van der Waals surface area (Å²) in [6.07, 6.45) is 0.0464. The van der Waals surface area contributed by atoms with Gasteiger partial charge < -0.3 is 10.6 Å². The molecule has 5 nitrogen and oxygen atoms in total. The molecule has 2 rings (SSSR count). The van der Waals surface area contributed by atoms with Gasteiger partial charge in [0.1, 0.15) is 5.82 Å². The molecule has 0 spiro atoms. The number of hydrogen-bond donors (Lipinski definition) is 1. The lowest BCUT2D eigenvalue weighted by Gasteiger charge is -2.25. The van der Waals surface area contributed by atoms with Gasteiger partial charge in [-0.25, -0.2) is 4.39 Å². The second kappa shape index (κ2) is 9.10. The van der Waals surface area contributed by atoms with Crippen LogP contribution in [-0.2, 0) is 16.1 Å². The van der Waals surface area contributed by atoms with Crippen LogP contribution in [0.15, 0.2) is 48.5 Å². The average Bonchev–Trinajstić information content (AvgIpc) is 2.58. The van der Waals surface area contributed by atoms with Gasteiger partial charge in [0.2, 0.25) is 11.8 Å². The smallest absolute Gasteiger partial charge is 0.241 e. The van der Waals surface area contributed by atoms with Crippen molar-refractivity contribution in [1.82, 2.24) is 4.90 Å². The van der Waals surface area contributed by atoms with Crippen LogP contribution in [0.1, 0.15) is 17.5 Å². The fourth-order valence-corrected chi connectivity index (χ4v) is 2.62. The highest BCUT2D eigenvalue weighted by molar-refractivity contribution is 5.95. The van der Waals surface area contributed by atoms with E-state index in [9.17, 15) is 14.0 Å². The fourth-order valence-electron chi connectivity index (χ4n) is 2.62. The molecule has 0 aliphatic heterocycles. The van der Waals surface area contributed by atoms with Crippen molar-refractivity contribution in [3.63, 3.8) is 0 Å². The van der Waals surface area contributed by atoms with E-state index >= 15 is 0 Å². The molecule has 2 aromatic rings. The minimum atomic E-state index is -0.488. The normalized spacial score (nSPS) is 10.8. The number of primary amides is 1. The highest BCUT2D eigenvalue weighted by Gasteiger charge is 2.18. The largest absolute Gasteiger partial charge is 0.370 e. The number of amides is 2. The third-order valence-electron chi connectivity index (χ3n) is 4.00. The maximum atomic E-state index is 13.2. The van der Waals surface area contributed by atoms with E-state index in [-0.39, 0.29) is 31.2 Å². The van der Waals surface area contributed by atoms with Crippen molar-refractivity contribution in [2.45, 2.75) is 19.9 Å². The quantitative estimate of drug-likeness (QED) is 0.789. The predicted molar refractivity (Wildman–Crippen MR) is 100 cm³/mol. The first-order chi connectivity index (χ1) is 12.3. The molecule has 2 amide bonds. The van der Waals surface area contributed by atoms with Crippen molar-refractivity contribution in [2.75, 3.05) is 25.0 Å². The molecule has 0 aromatic heterocycles. The van der Waals surface area contributed by atoms with Gasteiger partial charge in [0, 0.05) is 25.2 Å². The number of hydrogen-bond acceptors (Lipinski definition) is 3. The second-order valence-corrected chi connectivity index (χ2v) is 6.40. The summed E-state index contributed by atoms with van der Waals surface area (Å²) in [6.45, 7) is 2.98. The Morgan fingerprint density at radius 2 is 1.65 bits per heavy atom. The molecule has 6 heteroatoms. The molecule has 2 N–H and O–H groups in total.